The molecule has 0 saturated carbocycles. The molecule has 0 N–H and O–H groups in total. The van der Waals surface area contributed by atoms with Crippen LogP contribution >= 0.6 is 0 Å². The highest BCUT2D eigenvalue weighted by atomic mass is 15.3. The molecule has 1 aliphatic rings. The molecule has 0 amide bonds. The molecule has 0 aliphatic carbocycles. The van der Waals surface area contributed by atoms with Crippen molar-refractivity contribution in [2.45, 2.75) is 26.8 Å². The first-order chi connectivity index (χ1) is 10.2. The number of hydrogen-bond donors (Lipinski definition) is 0. The third-order valence-electron chi connectivity index (χ3n) is 4.11. The largest absolute Gasteiger partial charge is 0.352 e. The van der Waals surface area contributed by atoms with Gasteiger partial charge in [-0.1, -0.05) is 24.3 Å². The maximum Gasteiger partial charge on any atom is 0.157 e. The Morgan fingerprint density at radius 2 is 1.81 bits per heavy atom. The van der Waals surface area contributed by atoms with Gasteiger partial charge < -0.3 is 4.90 Å². The number of anilines is 1. The van der Waals surface area contributed by atoms with Crippen molar-refractivity contribution < 1.29 is 0 Å². The third kappa shape index (κ3) is 2.07. The van der Waals surface area contributed by atoms with Gasteiger partial charge in [-0.2, -0.15) is 9.61 Å². The van der Waals surface area contributed by atoms with Crippen molar-refractivity contribution in [3.05, 3.63) is 58.9 Å². The quantitative estimate of drug-likeness (QED) is 0.686. The van der Waals surface area contributed by atoms with E-state index in [4.69, 9.17) is 0 Å². The summed E-state index contributed by atoms with van der Waals surface area (Å²) in [5.41, 5.74) is 5.85. The van der Waals surface area contributed by atoms with Gasteiger partial charge in [0.1, 0.15) is 5.82 Å². The van der Waals surface area contributed by atoms with E-state index in [1.807, 2.05) is 24.4 Å². The Balaban J connectivity index is 1.81. The van der Waals surface area contributed by atoms with Crippen LogP contribution in [0.5, 0.6) is 0 Å². The number of rotatable bonds is 1. The van der Waals surface area contributed by atoms with E-state index in [-0.39, 0.29) is 0 Å². The Hall–Kier alpha value is -2.36. The fraction of sp³-hybridized carbons (Fsp3) is 0.294. The van der Waals surface area contributed by atoms with Crippen LogP contribution in [-0.2, 0) is 13.0 Å². The standard InChI is InChI=1S/C17H18N4/c1-12-10-17(21-16(18-12)9-13(2)19-21)20-8-7-14-5-3-4-6-15(14)11-20/h3-6,9-10H,7-8,11H2,1-2H3. The van der Waals surface area contributed by atoms with Crippen LogP contribution in [0, 0.1) is 13.8 Å². The van der Waals surface area contributed by atoms with Crippen molar-refractivity contribution >= 4 is 11.5 Å². The predicted molar refractivity (Wildman–Crippen MR) is 83.7 cm³/mol. The molecule has 4 heteroatoms. The molecule has 0 unspecified atom stereocenters. The van der Waals surface area contributed by atoms with Gasteiger partial charge in [-0.05, 0) is 31.4 Å². The van der Waals surface area contributed by atoms with Gasteiger partial charge in [-0.25, -0.2) is 4.98 Å². The average molecular weight is 278 g/mol. The summed E-state index contributed by atoms with van der Waals surface area (Å²) in [6, 6.07) is 12.9. The fourth-order valence-electron chi connectivity index (χ4n) is 3.11. The number of aromatic nitrogens is 3. The molecule has 1 aromatic carbocycles. The highest BCUT2D eigenvalue weighted by molar-refractivity contribution is 5.53. The summed E-state index contributed by atoms with van der Waals surface area (Å²) in [5, 5.41) is 4.60. The van der Waals surface area contributed by atoms with Crippen molar-refractivity contribution in [3.63, 3.8) is 0 Å². The molecule has 0 atom stereocenters. The Morgan fingerprint density at radius 3 is 2.67 bits per heavy atom. The Bertz CT molecular complexity index is 819. The average Bonchev–Trinajstić information content (AvgIpc) is 2.86. The van der Waals surface area contributed by atoms with Crippen LogP contribution in [0.2, 0.25) is 0 Å². The Morgan fingerprint density at radius 1 is 1.00 bits per heavy atom. The molecule has 4 rings (SSSR count). The summed E-state index contributed by atoms with van der Waals surface area (Å²) < 4.78 is 1.97. The molecule has 106 valence electrons. The summed E-state index contributed by atoms with van der Waals surface area (Å²) >= 11 is 0. The lowest BCUT2D eigenvalue weighted by Gasteiger charge is -2.30. The number of fused-ring (bicyclic) bond motifs is 2. The van der Waals surface area contributed by atoms with E-state index in [1.54, 1.807) is 0 Å². The molecule has 4 nitrogen and oxygen atoms in total. The number of benzene rings is 1. The van der Waals surface area contributed by atoms with E-state index in [0.717, 1.165) is 42.4 Å². The lowest BCUT2D eigenvalue weighted by molar-refractivity contribution is 0.700. The zero-order chi connectivity index (χ0) is 14.4. The van der Waals surface area contributed by atoms with Gasteiger partial charge in [-0.3, -0.25) is 0 Å². The zero-order valence-corrected chi connectivity index (χ0v) is 12.4. The molecule has 1 aliphatic heterocycles. The van der Waals surface area contributed by atoms with Crippen LogP contribution in [0.1, 0.15) is 22.5 Å². The van der Waals surface area contributed by atoms with Crippen LogP contribution in [-0.4, -0.2) is 21.1 Å². The van der Waals surface area contributed by atoms with Gasteiger partial charge >= 0.3 is 0 Å². The van der Waals surface area contributed by atoms with Crippen molar-refractivity contribution in [3.8, 4) is 0 Å². The minimum Gasteiger partial charge on any atom is -0.352 e. The van der Waals surface area contributed by atoms with E-state index >= 15 is 0 Å². The predicted octanol–water partition coefficient (Wildman–Crippen LogP) is 2.91. The van der Waals surface area contributed by atoms with Gasteiger partial charge in [0, 0.05) is 30.9 Å². The molecule has 21 heavy (non-hydrogen) atoms. The summed E-state index contributed by atoms with van der Waals surface area (Å²) in [7, 11) is 0. The van der Waals surface area contributed by atoms with Crippen molar-refractivity contribution in [2.75, 3.05) is 11.4 Å². The zero-order valence-electron chi connectivity index (χ0n) is 12.4. The molecule has 0 fully saturated rings. The topological polar surface area (TPSA) is 33.4 Å². The van der Waals surface area contributed by atoms with Crippen LogP contribution in [0.15, 0.2) is 36.4 Å². The Labute approximate surface area is 124 Å². The minimum absolute atomic E-state index is 0.932. The minimum atomic E-state index is 0.932. The van der Waals surface area contributed by atoms with E-state index in [9.17, 15) is 0 Å². The molecule has 0 spiro atoms. The van der Waals surface area contributed by atoms with Crippen molar-refractivity contribution in [2.24, 2.45) is 0 Å². The number of nitrogens with zero attached hydrogens (tertiary/aromatic N) is 4. The van der Waals surface area contributed by atoms with Crippen molar-refractivity contribution in [1.82, 2.24) is 14.6 Å². The number of aryl methyl sites for hydroxylation is 2. The summed E-state index contributed by atoms with van der Waals surface area (Å²) in [5.74, 6) is 1.14. The lowest BCUT2D eigenvalue weighted by atomic mass is 10.00. The lowest BCUT2D eigenvalue weighted by Crippen LogP contribution is -2.32. The molecular formula is C17H18N4. The van der Waals surface area contributed by atoms with Gasteiger partial charge in [-0.15, -0.1) is 0 Å². The number of hydrogen-bond acceptors (Lipinski definition) is 3. The van der Waals surface area contributed by atoms with Crippen LogP contribution in [0.4, 0.5) is 5.82 Å². The maximum absolute atomic E-state index is 4.60. The van der Waals surface area contributed by atoms with E-state index in [2.05, 4.69) is 45.3 Å². The second-order valence-corrected chi connectivity index (χ2v) is 5.75. The Kier molecular flexibility index (Phi) is 2.70. The van der Waals surface area contributed by atoms with E-state index in [0.29, 0.717) is 0 Å². The molecule has 0 saturated heterocycles. The summed E-state index contributed by atoms with van der Waals surface area (Å²) in [6.07, 6.45) is 1.08. The monoisotopic (exact) mass is 278 g/mol. The molecule has 3 heterocycles. The first-order valence-electron chi connectivity index (χ1n) is 7.36. The SMILES string of the molecule is Cc1cc(N2CCc3ccccc3C2)n2nc(C)cc2n1. The highest BCUT2D eigenvalue weighted by Crippen LogP contribution is 2.25. The normalized spacial score (nSPS) is 14.5. The van der Waals surface area contributed by atoms with Crippen molar-refractivity contribution in [1.29, 1.82) is 0 Å². The van der Waals surface area contributed by atoms with Crippen LogP contribution in [0.3, 0.4) is 0 Å². The first-order valence-corrected chi connectivity index (χ1v) is 7.36. The molecule has 0 bridgehead atoms. The fourth-order valence-corrected chi connectivity index (χ4v) is 3.11. The van der Waals surface area contributed by atoms with E-state index < -0.39 is 0 Å². The molecule has 3 aromatic rings. The third-order valence-corrected chi connectivity index (χ3v) is 4.11. The van der Waals surface area contributed by atoms with Crippen LogP contribution in [0.25, 0.3) is 5.65 Å². The smallest absolute Gasteiger partial charge is 0.157 e. The van der Waals surface area contributed by atoms with Gasteiger partial charge in [0.25, 0.3) is 0 Å². The van der Waals surface area contributed by atoms with E-state index in [1.165, 1.54) is 11.1 Å². The second kappa shape index (κ2) is 4.58. The van der Waals surface area contributed by atoms with Crippen LogP contribution < -0.4 is 4.90 Å². The van der Waals surface area contributed by atoms with Gasteiger partial charge in [0.05, 0.1) is 5.69 Å². The second-order valence-electron chi connectivity index (χ2n) is 5.75. The highest BCUT2D eigenvalue weighted by Gasteiger charge is 2.19. The molecule has 0 radical (unpaired) electrons. The van der Waals surface area contributed by atoms with Gasteiger partial charge in [0.15, 0.2) is 5.65 Å². The summed E-state index contributed by atoms with van der Waals surface area (Å²) in [4.78, 5) is 6.97. The molecular weight excluding hydrogens is 260 g/mol. The first kappa shape index (κ1) is 12.4. The molecule has 2 aromatic heterocycles. The summed E-state index contributed by atoms with van der Waals surface area (Å²) in [6.45, 7) is 6.02. The maximum atomic E-state index is 4.60. The van der Waals surface area contributed by atoms with Gasteiger partial charge in [0.2, 0.25) is 0 Å².